The van der Waals surface area contributed by atoms with Crippen molar-refractivity contribution in [3.8, 4) is 5.75 Å². The molecule has 0 saturated carbocycles. The average molecular weight is 208 g/mol. The Hall–Kier alpha value is -1.39. The summed E-state index contributed by atoms with van der Waals surface area (Å²) >= 11 is 0. The van der Waals surface area contributed by atoms with Crippen LogP contribution >= 0.6 is 0 Å². The summed E-state index contributed by atoms with van der Waals surface area (Å²) in [6, 6.07) is 6.91. The lowest BCUT2D eigenvalue weighted by molar-refractivity contribution is -0.134. The number of ether oxygens (including phenoxy) is 1. The Labute approximate surface area is 89.2 Å². The summed E-state index contributed by atoms with van der Waals surface area (Å²) in [5.41, 5.74) is 12.1. The fourth-order valence-electron chi connectivity index (χ4n) is 1.12. The van der Waals surface area contributed by atoms with Gasteiger partial charge in [0.25, 0.3) is 0 Å². The molecule has 15 heavy (non-hydrogen) atoms. The summed E-state index contributed by atoms with van der Waals surface area (Å²) < 4.78 is 5.02. The van der Waals surface area contributed by atoms with Gasteiger partial charge in [-0.15, -0.1) is 0 Å². The molecule has 0 amide bonds. The van der Waals surface area contributed by atoms with Gasteiger partial charge < -0.3 is 16.2 Å². The molecule has 1 aromatic carbocycles. The smallest absolute Gasteiger partial charge is 0.310 e. The fraction of sp³-hybridized carbons (Fsp3) is 0.364. The van der Waals surface area contributed by atoms with Gasteiger partial charge in [-0.2, -0.15) is 0 Å². The maximum absolute atomic E-state index is 11.0. The van der Waals surface area contributed by atoms with E-state index in [1.807, 2.05) is 12.1 Å². The minimum absolute atomic E-state index is 0.166. The molecule has 1 aromatic rings. The van der Waals surface area contributed by atoms with Crippen LogP contribution in [-0.2, 0) is 4.79 Å². The third-order valence-electron chi connectivity index (χ3n) is 2.08. The van der Waals surface area contributed by atoms with Crippen LogP contribution in [0.25, 0.3) is 0 Å². The second-order valence-electron chi connectivity index (χ2n) is 3.24. The number of esters is 1. The predicted molar refractivity (Wildman–Crippen MR) is 58.4 cm³/mol. The van der Waals surface area contributed by atoms with Crippen molar-refractivity contribution in [2.75, 3.05) is 6.54 Å². The predicted octanol–water partition coefficient (Wildman–Crippen LogP) is 0.960. The number of benzene rings is 1. The Balaban J connectivity index is 2.68. The summed E-state index contributed by atoms with van der Waals surface area (Å²) in [6.45, 7) is 2.15. The molecule has 4 N–H and O–H groups in total. The van der Waals surface area contributed by atoms with Crippen molar-refractivity contribution in [3.05, 3.63) is 29.8 Å². The summed E-state index contributed by atoms with van der Waals surface area (Å²) in [7, 11) is 0. The summed E-state index contributed by atoms with van der Waals surface area (Å²) in [6.07, 6.45) is 0.365. The fourth-order valence-corrected chi connectivity index (χ4v) is 1.12. The highest BCUT2D eigenvalue weighted by Crippen LogP contribution is 2.16. The van der Waals surface area contributed by atoms with Gasteiger partial charge in [-0.05, 0) is 17.7 Å². The van der Waals surface area contributed by atoms with Crippen molar-refractivity contribution in [2.45, 2.75) is 19.4 Å². The Morgan fingerprint density at radius 2 is 2.00 bits per heavy atom. The standard InChI is InChI=1S/C11H16N2O2/c1-2-11(14)15-9-5-3-8(4-6-9)10(13)7-12/h3-6,10H,2,7,12-13H2,1H3. The maximum Gasteiger partial charge on any atom is 0.310 e. The SMILES string of the molecule is CCC(=O)Oc1ccc(C(N)CN)cc1. The van der Waals surface area contributed by atoms with E-state index in [1.54, 1.807) is 19.1 Å². The molecular formula is C11H16N2O2. The lowest BCUT2D eigenvalue weighted by Crippen LogP contribution is -2.20. The topological polar surface area (TPSA) is 78.3 Å². The van der Waals surface area contributed by atoms with Crippen LogP contribution < -0.4 is 16.2 Å². The third kappa shape index (κ3) is 3.34. The second-order valence-corrected chi connectivity index (χ2v) is 3.24. The van der Waals surface area contributed by atoms with E-state index >= 15 is 0 Å². The van der Waals surface area contributed by atoms with Crippen molar-refractivity contribution in [1.82, 2.24) is 0 Å². The van der Waals surface area contributed by atoms with Crippen LogP contribution in [0.3, 0.4) is 0 Å². The molecule has 0 aliphatic rings. The van der Waals surface area contributed by atoms with E-state index in [1.165, 1.54) is 0 Å². The molecule has 0 fully saturated rings. The third-order valence-corrected chi connectivity index (χ3v) is 2.08. The zero-order chi connectivity index (χ0) is 11.3. The largest absolute Gasteiger partial charge is 0.427 e. The first-order chi connectivity index (χ1) is 7.17. The van der Waals surface area contributed by atoms with Gasteiger partial charge in [0, 0.05) is 19.0 Å². The number of hydrogen-bond acceptors (Lipinski definition) is 4. The molecular weight excluding hydrogens is 192 g/mol. The van der Waals surface area contributed by atoms with E-state index < -0.39 is 0 Å². The van der Waals surface area contributed by atoms with Gasteiger partial charge in [0.05, 0.1) is 0 Å². The normalized spacial score (nSPS) is 12.2. The zero-order valence-electron chi connectivity index (χ0n) is 8.77. The first-order valence-electron chi connectivity index (χ1n) is 4.93. The number of hydrogen-bond donors (Lipinski definition) is 2. The average Bonchev–Trinajstić information content (AvgIpc) is 2.29. The number of nitrogens with two attached hydrogens (primary N) is 2. The van der Waals surface area contributed by atoms with Gasteiger partial charge >= 0.3 is 5.97 Å². The molecule has 1 unspecified atom stereocenters. The van der Waals surface area contributed by atoms with Gasteiger partial charge in [-0.3, -0.25) is 4.79 Å². The van der Waals surface area contributed by atoms with Crippen LogP contribution in [0.5, 0.6) is 5.75 Å². The van der Waals surface area contributed by atoms with Crippen LogP contribution in [0.1, 0.15) is 24.9 Å². The van der Waals surface area contributed by atoms with Gasteiger partial charge in [0.2, 0.25) is 0 Å². The molecule has 4 heteroatoms. The molecule has 4 nitrogen and oxygen atoms in total. The van der Waals surface area contributed by atoms with Crippen molar-refractivity contribution in [2.24, 2.45) is 11.5 Å². The van der Waals surface area contributed by atoms with E-state index in [0.717, 1.165) is 5.56 Å². The van der Waals surface area contributed by atoms with Crippen molar-refractivity contribution >= 4 is 5.97 Å². The van der Waals surface area contributed by atoms with Gasteiger partial charge in [-0.25, -0.2) is 0 Å². The van der Waals surface area contributed by atoms with Crippen molar-refractivity contribution in [1.29, 1.82) is 0 Å². The Kier molecular flexibility index (Phi) is 4.27. The highest BCUT2D eigenvalue weighted by atomic mass is 16.5. The summed E-state index contributed by atoms with van der Waals surface area (Å²) in [5.74, 6) is 0.292. The number of rotatable bonds is 4. The van der Waals surface area contributed by atoms with Gasteiger partial charge in [0.15, 0.2) is 0 Å². The van der Waals surface area contributed by atoms with E-state index in [2.05, 4.69) is 0 Å². The van der Waals surface area contributed by atoms with Crippen LogP contribution in [-0.4, -0.2) is 12.5 Å². The van der Waals surface area contributed by atoms with Crippen molar-refractivity contribution in [3.63, 3.8) is 0 Å². The Bertz CT molecular complexity index is 322. The molecule has 0 aliphatic carbocycles. The highest BCUT2D eigenvalue weighted by molar-refractivity contribution is 5.71. The first kappa shape index (κ1) is 11.7. The van der Waals surface area contributed by atoms with Crippen LogP contribution in [0, 0.1) is 0 Å². The molecule has 0 saturated heterocycles. The van der Waals surface area contributed by atoms with Gasteiger partial charge in [0.1, 0.15) is 5.75 Å². The molecule has 1 atom stereocenters. The number of carbonyl (C=O) groups is 1. The molecule has 0 heterocycles. The van der Waals surface area contributed by atoms with E-state index in [0.29, 0.717) is 18.7 Å². The highest BCUT2D eigenvalue weighted by Gasteiger charge is 2.05. The zero-order valence-corrected chi connectivity index (χ0v) is 8.77. The molecule has 0 spiro atoms. The molecule has 0 bridgehead atoms. The van der Waals surface area contributed by atoms with E-state index in [9.17, 15) is 4.79 Å². The number of carbonyl (C=O) groups excluding carboxylic acids is 1. The summed E-state index contributed by atoms with van der Waals surface area (Å²) in [5, 5.41) is 0. The Morgan fingerprint density at radius 1 is 1.40 bits per heavy atom. The van der Waals surface area contributed by atoms with Crippen molar-refractivity contribution < 1.29 is 9.53 Å². The minimum Gasteiger partial charge on any atom is -0.427 e. The van der Waals surface area contributed by atoms with Crippen LogP contribution in [0.15, 0.2) is 24.3 Å². The van der Waals surface area contributed by atoms with E-state index in [-0.39, 0.29) is 12.0 Å². The molecule has 1 rings (SSSR count). The monoisotopic (exact) mass is 208 g/mol. The minimum atomic E-state index is -0.245. The lowest BCUT2D eigenvalue weighted by atomic mass is 10.1. The van der Waals surface area contributed by atoms with E-state index in [4.69, 9.17) is 16.2 Å². The van der Waals surface area contributed by atoms with Gasteiger partial charge in [-0.1, -0.05) is 19.1 Å². The van der Waals surface area contributed by atoms with Crippen LogP contribution in [0.2, 0.25) is 0 Å². The Morgan fingerprint density at radius 3 is 2.47 bits per heavy atom. The second kappa shape index (κ2) is 5.48. The summed E-state index contributed by atoms with van der Waals surface area (Å²) in [4.78, 5) is 11.0. The molecule has 0 radical (unpaired) electrons. The lowest BCUT2D eigenvalue weighted by Gasteiger charge is -2.09. The first-order valence-corrected chi connectivity index (χ1v) is 4.93. The molecule has 0 aliphatic heterocycles. The van der Waals surface area contributed by atoms with Crippen LogP contribution in [0.4, 0.5) is 0 Å². The maximum atomic E-state index is 11.0. The molecule has 0 aromatic heterocycles. The molecule has 82 valence electrons. The quantitative estimate of drug-likeness (QED) is 0.570.